The van der Waals surface area contributed by atoms with E-state index in [0.717, 1.165) is 27.0 Å². The lowest BCUT2D eigenvalue weighted by Gasteiger charge is -2.13. The number of benzene rings is 3. The number of anilines is 1. The van der Waals surface area contributed by atoms with Crippen LogP contribution in [-0.2, 0) is 6.61 Å². The van der Waals surface area contributed by atoms with Gasteiger partial charge in [0.2, 0.25) is 0 Å². The predicted molar refractivity (Wildman–Crippen MR) is 104 cm³/mol. The number of carbonyl (C=O) groups excluding carboxylic acids is 1. The van der Waals surface area contributed by atoms with Crippen LogP contribution in [0.5, 0.6) is 5.75 Å². The van der Waals surface area contributed by atoms with E-state index in [1.807, 2.05) is 79.7 Å². The maximum absolute atomic E-state index is 12.7. The Hall–Kier alpha value is -2.59. The van der Waals surface area contributed by atoms with Crippen LogP contribution in [0.2, 0.25) is 0 Å². The molecule has 1 N–H and O–H groups in total. The van der Waals surface area contributed by atoms with E-state index >= 15 is 0 Å². The molecule has 4 heteroatoms. The first kappa shape index (κ1) is 17.2. The minimum atomic E-state index is -0.141. The van der Waals surface area contributed by atoms with Crippen LogP contribution in [0, 0.1) is 6.92 Å². The van der Waals surface area contributed by atoms with Crippen molar-refractivity contribution in [1.29, 1.82) is 0 Å². The molecule has 0 aliphatic rings. The van der Waals surface area contributed by atoms with E-state index in [1.54, 1.807) is 0 Å². The molecule has 0 unspecified atom stereocenters. The normalized spacial score (nSPS) is 10.3. The summed E-state index contributed by atoms with van der Waals surface area (Å²) in [6.45, 7) is 2.30. The second-order valence-corrected chi connectivity index (χ2v) is 6.59. The fourth-order valence-corrected chi connectivity index (χ4v) is 2.98. The van der Waals surface area contributed by atoms with Crippen LogP contribution in [0.15, 0.2) is 77.3 Å². The van der Waals surface area contributed by atoms with Gasteiger partial charge in [0.1, 0.15) is 12.4 Å². The standard InChI is InChI=1S/C21H18BrNO2/c1-15-13-17(22)11-12-20(15)23-21(24)19-10-6-5-7-16(19)14-25-18-8-3-2-4-9-18/h2-13H,14H2,1H3,(H,23,24). The second kappa shape index (κ2) is 7.99. The van der Waals surface area contributed by atoms with Crippen molar-refractivity contribution in [2.24, 2.45) is 0 Å². The lowest BCUT2D eigenvalue weighted by molar-refractivity contribution is 0.102. The van der Waals surface area contributed by atoms with Gasteiger partial charge in [0.15, 0.2) is 0 Å². The highest BCUT2D eigenvalue weighted by molar-refractivity contribution is 9.10. The third-order valence-corrected chi connectivity index (χ3v) is 4.33. The van der Waals surface area contributed by atoms with E-state index in [4.69, 9.17) is 4.74 Å². The number of halogens is 1. The van der Waals surface area contributed by atoms with Crippen molar-refractivity contribution in [1.82, 2.24) is 0 Å². The van der Waals surface area contributed by atoms with Gasteiger partial charge in [-0.2, -0.15) is 0 Å². The molecule has 25 heavy (non-hydrogen) atoms. The Morgan fingerprint density at radius 2 is 1.72 bits per heavy atom. The fraction of sp³-hybridized carbons (Fsp3) is 0.0952. The molecular weight excluding hydrogens is 378 g/mol. The summed E-state index contributed by atoms with van der Waals surface area (Å²) < 4.78 is 6.77. The maximum atomic E-state index is 12.7. The molecule has 3 aromatic carbocycles. The molecule has 0 aliphatic carbocycles. The zero-order chi connectivity index (χ0) is 17.6. The summed E-state index contributed by atoms with van der Waals surface area (Å²) in [5, 5.41) is 2.98. The molecule has 0 saturated heterocycles. The Morgan fingerprint density at radius 1 is 1.00 bits per heavy atom. The van der Waals surface area contributed by atoms with E-state index in [-0.39, 0.29) is 5.91 Å². The molecular formula is C21H18BrNO2. The third kappa shape index (κ3) is 4.48. The third-order valence-electron chi connectivity index (χ3n) is 3.84. The average Bonchev–Trinajstić information content (AvgIpc) is 2.63. The Balaban J connectivity index is 1.76. The lowest BCUT2D eigenvalue weighted by Crippen LogP contribution is -2.15. The highest BCUT2D eigenvalue weighted by Gasteiger charge is 2.12. The first-order valence-electron chi connectivity index (χ1n) is 7.97. The molecule has 0 aliphatic heterocycles. The number of nitrogens with one attached hydrogen (secondary N) is 1. The molecule has 126 valence electrons. The molecule has 0 heterocycles. The minimum absolute atomic E-state index is 0.141. The van der Waals surface area contributed by atoms with Gasteiger partial charge in [-0.15, -0.1) is 0 Å². The molecule has 0 bridgehead atoms. The van der Waals surface area contributed by atoms with Crippen molar-refractivity contribution in [3.63, 3.8) is 0 Å². The molecule has 3 nitrogen and oxygen atoms in total. The number of amides is 1. The quantitative estimate of drug-likeness (QED) is 0.611. The molecule has 0 spiro atoms. The summed E-state index contributed by atoms with van der Waals surface area (Å²) in [6, 6.07) is 22.8. The van der Waals surface area contributed by atoms with Crippen molar-refractivity contribution >= 4 is 27.5 Å². The van der Waals surface area contributed by atoms with Gasteiger partial charge in [0.25, 0.3) is 5.91 Å². The maximum Gasteiger partial charge on any atom is 0.256 e. The highest BCUT2D eigenvalue weighted by Crippen LogP contribution is 2.22. The first-order chi connectivity index (χ1) is 12.1. The Bertz CT molecular complexity index is 878. The minimum Gasteiger partial charge on any atom is -0.489 e. The van der Waals surface area contributed by atoms with E-state index in [0.29, 0.717) is 12.2 Å². The topological polar surface area (TPSA) is 38.3 Å². The lowest BCUT2D eigenvalue weighted by atomic mass is 10.1. The number of carbonyl (C=O) groups is 1. The Morgan fingerprint density at radius 3 is 2.48 bits per heavy atom. The molecule has 0 atom stereocenters. The first-order valence-corrected chi connectivity index (χ1v) is 8.76. The summed E-state index contributed by atoms with van der Waals surface area (Å²) >= 11 is 3.43. The number of aryl methyl sites for hydroxylation is 1. The van der Waals surface area contributed by atoms with Crippen molar-refractivity contribution in [2.75, 3.05) is 5.32 Å². The van der Waals surface area contributed by atoms with E-state index < -0.39 is 0 Å². The van der Waals surface area contributed by atoms with Crippen LogP contribution >= 0.6 is 15.9 Å². The van der Waals surface area contributed by atoms with E-state index in [1.165, 1.54) is 0 Å². The average molecular weight is 396 g/mol. The molecule has 1 amide bonds. The molecule has 0 aromatic heterocycles. The summed E-state index contributed by atoms with van der Waals surface area (Å²) in [4.78, 5) is 12.7. The van der Waals surface area contributed by atoms with Crippen LogP contribution in [0.25, 0.3) is 0 Å². The van der Waals surface area contributed by atoms with Crippen LogP contribution < -0.4 is 10.1 Å². The largest absolute Gasteiger partial charge is 0.489 e. The smallest absolute Gasteiger partial charge is 0.256 e. The Kier molecular flexibility index (Phi) is 5.51. The van der Waals surface area contributed by atoms with Crippen LogP contribution in [0.1, 0.15) is 21.5 Å². The molecule has 0 fully saturated rings. The summed E-state index contributed by atoms with van der Waals surface area (Å²) in [5.41, 5.74) is 3.26. The number of hydrogen-bond donors (Lipinski definition) is 1. The van der Waals surface area contributed by atoms with Gasteiger partial charge in [-0.05, 0) is 48.9 Å². The number of hydrogen-bond acceptors (Lipinski definition) is 2. The van der Waals surface area contributed by atoms with E-state index in [2.05, 4.69) is 21.2 Å². The van der Waals surface area contributed by atoms with E-state index in [9.17, 15) is 4.79 Å². The van der Waals surface area contributed by atoms with Crippen LogP contribution in [0.4, 0.5) is 5.69 Å². The Labute approximate surface area is 155 Å². The van der Waals surface area contributed by atoms with Crippen LogP contribution in [-0.4, -0.2) is 5.91 Å². The summed E-state index contributed by atoms with van der Waals surface area (Å²) in [6.07, 6.45) is 0. The number of rotatable bonds is 5. The van der Waals surface area contributed by atoms with Crippen LogP contribution in [0.3, 0.4) is 0 Å². The summed E-state index contributed by atoms with van der Waals surface area (Å²) in [7, 11) is 0. The molecule has 0 saturated carbocycles. The SMILES string of the molecule is Cc1cc(Br)ccc1NC(=O)c1ccccc1COc1ccccc1. The van der Waals surface area contributed by atoms with Gasteiger partial charge in [-0.1, -0.05) is 52.3 Å². The zero-order valence-corrected chi connectivity index (χ0v) is 15.4. The molecule has 3 aromatic rings. The predicted octanol–water partition coefficient (Wildman–Crippen LogP) is 5.59. The van der Waals surface area contributed by atoms with Crippen molar-refractivity contribution in [2.45, 2.75) is 13.5 Å². The van der Waals surface area contributed by atoms with Crippen molar-refractivity contribution < 1.29 is 9.53 Å². The van der Waals surface area contributed by atoms with Gasteiger partial charge in [0, 0.05) is 21.3 Å². The van der Waals surface area contributed by atoms with Crippen molar-refractivity contribution in [3.8, 4) is 5.75 Å². The number of para-hydroxylation sites is 1. The van der Waals surface area contributed by atoms with Gasteiger partial charge < -0.3 is 10.1 Å². The van der Waals surface area contributed by atoms with Gasteiger partial charge in [-0.25, -0.2) is 0 Å². The molecule has 0 radical (unpaired) electrons. The fourth-order valence-electron chi connectivity index (χ4n) is 2.50. The van der Waals surface area contributed by atoms with Gasteiger partial charge in [-0.3, -0.25) is 4.79 Å². The van der Waals surface area contributed by atoms with Crippen molar-refractivity contribution in [3.05, 3.63) is 94.0 Å². The summed E-state index contributed by atoms with van der Waals surface area (Å²) in [5.74, 6) is 0.638. The zero-order valence-electron chi connectivity index (χ0n) is 13.8. The highest BCUT2D eigenvalue weighted by atomic mass is 79.9. The number of ether oxygens (including phenoxy) is 1. The monoisotopic (exact) mass is 395 g/mol. The molecule has 3 rings (SSSR count). The van der Waals surface area contributed by atoms with Gasteiger partial charge >= 0.3 is 0 Å². The second-order valence-electron chi connectivity index (χ2n) is 5.67. The van der Waals surface area contributed by atoms with Gasteiger partial charge in [0.05, 0.1) is 0 Å².